The lowest BCUT2D eigenvalue weighted by molar-refractivity contribution is 0.612. The van der Waals surface area contributed by atoms with E-state index >= 15 is 0 Å². The molecule has 1 aliphatic carbocycles. The van der Waals surface area contributed by atoms with Gasteiger partial charge in [-0.2, -0.15) is 11.8 Å². The fourth-order valence-corrected chi connectivity index (χ4v) is 3.69. The summed E-state index contributed by atoms with van der Waals surface area (Å²) in [5, 5.41) is 6.84. The predicted molar refractivity (Wildman–Crippen MR) is 81.3 cm³/mol. The second-order valence-corrected chi connectivity index (χ2v) is 7.63. The molecule has 4 heteroatoms. The molecular weight excluding hydrogens is 242 g/mol. The maximum Gasteiger partial charge on any atom is 0.191 e. The molecule has 3 atom stereocenters. The van der Waals surface area contributed by atoms with Crippen LogP contribution in [0.5, 0.6) is 0 Å². The van der Waals surface area contributed by atoms with Gasteiger partial charge < -0.3 is 10.6 Å². The summed E-state index contributed by atoms with van der Waals surface area (Å²) in [5.41, 5.74) is 0. The van der Waals surface area contributed by atoms with Gasteiger partial charge >= 0.3 is 0 Å². The van der Waals surface area contributed by atoms with Crippen molar-refractivity contribution in [1.82, 2.24) is 10.6 Å². The average Bonchev–Trinajstić information content (AvgIpc) is 2.87. The number of hydrogen-bond donors (Lipinski definition) is 2. The van der Waals surface area contributed by atoms with Gasteiger partial charge in [0.15, 0.2) is 5.96 Å². The lowest BCUT2D eigenvalue weighted by atomic mass is 10.1. The van der Waals surface area contributed by atoms with Crippen LogP contribution in [0, 0.1) is 11.8 Å². The van der Waals surface area contributed by atoms with Crippen LogP contribution in [0.25, 0.3) is 0 Å². The molecule has 0 aromatic carbocycles. The second-order valence-electron chi connectivity index (χ2n) is 5.95. The molecule has 1 saturated carbocycles. The van der Waals surface area contributed by atoms with Crippen molar-refractivity contribution in [3.05, 3.63) is 0 Å². The van der Waals surface area contributed by atoms with Crippen molar-refractivity contribution in [3.8, 4) is 0 Å². The molecule has 3 unspecified atom stereocenters. The Bertz CT molecular complexity index is 297. The van der Waals surface area contributed by atoms with Crippen molar-refractivity contribution in [2.75, 3.05) is 25.4 Å². The zero-order valence-corrected chi connectivity index (χ0v) is 12.8. The van der Waals surface area contributed by atoms with E-state index in [1.54, 1.807) is 0 Å². The molecule has 1 aliphatic heterocycles. The van der Waals surface area contributed by atoms with Crippen LogP contribution in [0.3, 0.4) is 0 Å². The Labute approximate surface area is 116 Å². The zero-order valence-electron chi connectivity index (χ0n) is 12.0. The van der Waals surface area contributed by atoms with E-state index in [1.807, 2.05) is 0 Å². The first kappa shape index (κ1) is 14.0. The number of guanidine groups is 1. The fourth-order valence-electron chi connectivity index (χ4n) is 2.46. The van der Waals surface area contributed by atoms with Crippen LogP contribution in [0.1, 0.15) is 40.0 Å². The molecule has 1 heterocycles. The largest absolute Gasteiger partial charge is 0.357 e. The SMILES string of the molecule is CCNC(=NCC1(C)CCCS1)NCC1CC1C. The summed E-state index contributed by atoms with van der Waals surface area (Å²) in [5.74, 6) is 4.08. The molecule has 0 radical (unpaired) electrons. The van der Waals surface area contributed by atoms with Gasteiger partial charge in [-0.05, 0) is 50.7 Å². The third kappa shape index (κ3) is 4.08. The van der Waals surface area contributed by atoms with Crippen molar-refractivity contribution in [2.24, 2.45) is 16.8 Å². The average molecular weight is 269 g/mol. The van der Waals surface area contributed by atoms with Gasteiger partial charge in [0.1, 0.15) is 0 Å². The number of nitrogens with one attached hydrogen (secondary N) is 2. The minimum Gasteiger partial charge on any atom is -0.357 e. The van der Waals surface area contributed by atoms with E-state index in [2.05, 4.69) is 43.2 Å². The van der Waals surface area contributed by atoms with Crippen molar-refractivity contribution in [1.29, 1.82) is 0 Å². The van der Waals surface area contributed by atoms with E-state index in [0.717, 1.165) is 37.4 Å². The van der Waals surface area contributed by atoms with E-state index in [1.165, 1.54) is 25.0 Å². The first-order valence-electron chi connectivity index (χ1n) is 7.29. The van der Waals surface area contributed by atoms with Crippen LogP contribution in [0.4, 0.5) is 0 Å². The molecule has 104 valence electrons. The summed E-state index contributed by atoms with van der Waals surface area (Å²) >= 11 is 2.08. The van der Waals surface area contributed by atoms with Crippen molar-refractivity contribution >= 4 is 17.7 Å². The summed E-state index contributed by atoms with van der Waals surface area (Å²) in [6.45, 7) is 9.76. The summed E-state index contributed by atoms with van der Waals surface area (Å²) < 4.78 is 0.370. The van der Waals surface area contributed by atoms with Crippen LogP contribution in [-0.4, -0.2) is 36.1 Å². The molecule has 0 amide bonds. The van der Waals surface area contributed by atoms with E-state index in [4.69, 9.17) is 4.99 Å². The smallest absolute Gasteiger partial charge is 0.191 e. The highest BCUT2D eigenvalue weighted by molar-refractivity contribution is 8.00. The second kappa shape index (κ2) is 6.18. The molecule has 0 aromatic rings. The van der Waals surface area contributed by atoms with Crippen LogP contribution >= 0.6 is 11.8 Å². The summed E-state index contributed by atoms with van der Waals surface area (Å²) in [7, 11) is 0. The van der Waals surface area contributed by atoms with Gasteiger partial charge in [-0.25, -0.2) is 0 Å². The van der Waals surface area contributed by atoms with Gasteiger partial charge in [0.25, 0.3) is 0 Å². The maximum atomic E-state index is 4.77. The van der Waals surface area contributed by atoms with Crippen molar-refractivity contribution < 1.29 is 0 Å². The highest BCUT2D eigenvalue weighted by Crippen LogP contribution is 2.38. The molecule has 2 rings (SSSR count). The van der Waals surface area contributed by atoms with E-state index in [0.29, 0.717) is 4.75 Å². The first-order valence-corrected chi connectivity index (χ1v) is 8.27. The number of aliphatic imine (C=N–C) groups is 1. The highest BCUT2D eigenvalue weighted by Gasteiger charge is 2.32. The topological polar surface area (TPSA) is 36.4 Å². The quantitative estimate of drug-likeness (QED) is 0.595. The van der Waals surface area contributed by atoms with Gasteiger partial charge in [-0.15, -0.1) is 0 Å². The molecule has 2 aliphatic rings. The third-order valence-electron chi connectivity index (χ3n) is 4.02. The Hall–Kier alpha value is -0.380. The van der Waals surface area contributed by atoms with Gasteiger partial charge in [0.2, 0.25) is 0 Å². The van der Waals surface area contributed by atoms with Crippen molar-refractivity contribution in [3.63, 3.8) is 0 Å². The molecule has 2 fully saturated rings. The predicted octanol–water partition coefficient (Wildman–Crippen LogP) is 2.48. The normalized spacial score (nSPS) is 35.6. The van der Waals surface area contributed by atoms with Gasteiger partial charge in [-0.1, -0.05) is 6.92 Å². The molecule has 0 aromatic heterocycles. The number of hydrogen-bond acceptors (Lipinski definition) is 2. The Morgan fingerprint density at radius 3 is 2.78 bits per heavy atom. The number of rotatable bonds is 5. The minimum absolute atomic E-state index is 0.370. The minimum atomic E-state index is 0.370. The van der Waals surface area contributed by atoms with Gasteiger partial charge in [-0.3, -0.25) is 4.99 Å². The van der Waals surface area contributed by atoms with Crippen molar-refractivity contribution in [2.45, 2.75) is 44.8 Å². The Balaban J connectivity index is 1.79. The highest BCUT2D eigenvalue weighted by atomic mass is 32.2. The zero-order chi connectivity index (χ0) is 13.0. The monoisotopic (exact) mass is 269 g/mol. The van der Waals surface area contributed by atoms with Crippen LogP contribution < -0.4 is 10.6 Å². The van der Waals surface area contributed by atoms with Gasteiger partial charge in [0, 0.05) is 17.8 Å². The first-order chi connectivity index (χ1) is 8.63. The van der Waals surface area contributed by atoms with E-state index in [-0.39, 0.29) is 0 Å². The van der Waals surface area contributed by atoms with E-state index in [9.17, 15) is 0 Å². The number of nitrogens with zero attached hydrogens (tertiary/aromatic N) is 1. The van der Waals surface area contributed by atoms with Crippen LogP contribution in [0.15, 0.2) is 4.99 Å². The summed E-state index contributed by atoms with van der Waals surface area (Å²) in [6, 6.07) is 0. The van der Waals surface area contributed by atoms with Gasteiger partial charge in [0.05, 0.1) is 6.54 Å². The maximum absolute atomic E-state index is 4.77. The molecule has 1 saturated heterocycles. The van der Waals surface area contributed by atoms with Crippen LogP contribution in [-0.2, 0) is 0 Å². The molecule has 0 bridgehead atoms. The molecule has 18 heavy (non-hydrogen) atoms. The standard InChI is InChI=1S/C14H27N3S/c1-4-15-13(16-9-12-8-11(12)2)17-10-14(3)6-5-7-18-14/h11-12H,4-10H2,1-3H3,(H2,15,16,17). The molecule has 3 nitrogen and oxygen atoms in total. The van der Waals surface area contributed by atoms with E-state index < -0.39 is 0 Å². The lowest BCUT2D eigenvalue weighted by Crippen LogP contribution is -2.39. The Kier molecular flexibility index (Phi) is 4.82. The van der Waals surface area contributed by atoms with Crippen LogP contribution in [0.2, 0.25) is 0 Å². The summed E-state index contributed by atoms with van der Waals surface area (Å²) in [6.07, 6.45) is 4.03. The molecular formula is C14H27N3S. The Morgan fingerprint density at radius 2 is 2.22 bits per heavy atom. The third-order valence-corrected chi connectivity index (χ3v) is 5.55. The lowest BCUT2D eigenvalue weighted by Gasteiger charge is -2.21. The fraction of sp³-hybridized carbons (Fsp3) is 0.929. The molecule has 2 N–H and O–H groups in total. The number of thioether (sulfide) groups is 1. The summed E-state index contributed by atoms with van der Waals surface area (Å²) in [4.78, 5) is 4.77. The Morgan fingerprint density at radius 1 is 1.44 bits per heavy atom. The molecule has 0 spiro atoms.